The van der Waals surface area contributed by atoms with Crippen molar-refractivity contribution in [3.8, 4) is 28.7 Å². The maximum absolute atomic E-state index is 10.8. The molecule has 1 heterocycles. The lowest BCUT2D eigenvalue weighted by Crippen LogP contribution is -1.92. The van der Waals surface area contributed by atoms with Gasteiger partial charge in [-0.15, -0.1) is 0 Å². The molecular weight excluding hydrogens is 344 g/mol. The first-order valence-electron chi connectivity index (χ1n) is 7.47. The molecule has 0 saturated carbocycles. The Balaban J connectivity index is 0.000000181. The van der Waals surface area contributed by atoms with E-state index in [2.05, 4.69) is 0 Å². The molecule has 2 aromatic carbocycles. The van der Waals surface area contributed by atoms with Gasteiger partial charge < -0.3 is 24.4 Å². The quantitative estimate of drug-likeness (QED) is 0.619. The fraction of sp³-hybridized carbons (Fsp3) is 0.278. The van der Waals surface area contributed by atoms with Gasteiger partial charge in [-0.3, -0.25) is 4.79 Å². The van der Waals surface area contributed by atoms with E-state index in [0.717, 1.165) is 10.6 Å². The first-order valence-corrected chi connectivity index (χ1v) is 8.29. The molecule has 0 amide bonds. The fourth-order valence-electron chi connectivity index (χ4n) is 2.17. The number of phenolic OH excluding ortho intramolecular Hbond substituents is 2. The Morgan fingerprint density at radius 1 is 1.12 bits per heavy atom. The Kier molecular flexibility index (Phi) is 6.03. The molecule has 25 heavy (non-hydrogen) atoms. The molecule has 0 radical (unpaired) electrons. The Morgan fingerprint density at radius 2 is 1.80 bits per heavy atom. The van der Waals surface area contributed by atoms with E-state index in [1.54, 1.807) is 19.9 Å². The number of carbonyl (C=O) groups excluding carboxylic acids is 1. The average Bonchev–Trinajstić information content (AvgIpc) is 3.04. The van der Waals surface area contributed by atoms with Gasteiger partial charge in [-0.25, -0.2) is 0 Å². The zero-order valence-electron chi connectivity index (χ0n) is 14.5. The Hall–Kier alpha value is -2.54. The van der Waals surface area contributed by atoms with Crippen LogP contribution in [-0.4, -0.2) is 29.2 Å². The number of phenols is 2. The highest BCUT2D eigenvalue weighted by Crippen LogP contribution is 2.38. The third kappa shape index (κ3) is 4.51. The SMILES string of the molecule is CC(=O)Sc1ccc2c(c1)OCO2.COc1cc(C)c(O)c(O)c1C. The van der Waals surface area contributed by atoms with Gasteiger partial charge in [0.05, 0.1) is 7.11 Å². The topological polar surface area (TPSA) is 85.2 Å². The van der Waals surface area contributed by atoms with Crippen LogP contribution in [-0.2, 0) is 4.79 Å². The van der Waals surface area contributed by atoms with Gasteiger partial charge in [0.1, 0.15) is 5.75 Å². The van der Waals surface area contributed by atoms with Crippen LogP contribution < -0.4 is 14.2 Å². The summed E-state index contributed by atoms with van der Waals surface area (Å²) >= 11 is 1.19. The zero-order valence-corrected chi connectivity index (χ0v) is 15.3. The van der Waals surface area contributed by atoms with E-state index < -0.39 is 0 Å². The Labute approximate surface area is 150 Å². The number of hydrogen-bond donors (Lipinski definition) is 2. The van der Waals surface area contributed by atoms with E-state index in [1.807, 2.05) is 18.2 Å². The molecule has 2 N–H and O–H groups in total. The van der Waals surface area contributed by atoms with Crippen molar-refractivity contribution in [3.63, 3.8) is 0 Å². The van der Waals surface area contributed by atoms with Crippen molar-refractivity contribution in [1.29, 1.82) is 0 Å². The van der Waals surface area contributed by atoms with Crippen LogP contribution >= 0.6 is 11.8 Å². The number of carbonyl (C=O) groups is 1. The van der Waals surface area contributed by atoms with Crippen molar-refractivity contribution in [2.24, 2.45) is 0 Å². The minimum atomic E-state index is -0.105. The molecule has 2 aromatic rings. The minimum absolute atomic E-state index is 0.0684. The maximum atomic E-state index is 10.8. The lowest BCUT2D eigenvalue weighted by Gasteiger charge is -2.09. The first-order chi connectivity index (χ1) is 11.8. The van der Waals surface area contributed by atoms with Gasteiger partial charge in [0.2, 0.25) is 6.79 Å². The monoisotopic (exact) mass is 364 g/mol. The molecule has 6 nitrogen and oxygen atoms in total. The first kappa shape index (κ1) is 18.8. The highest BCUT2D eigenvalue weighted by Gasteiger charge is 2.13. The second-order valence-electron chi connectivity index (χ2n) is 5.33. The number of thioether (sulfide) groups is 1. The number of aromatic hydroxyl groups is 2. The number of rotatable bonds is 2. The standard InChI is InChI=1S/C9H8O3S.C9H12O3/c1-6(10)13-7-2-3-8-9(4-7)12-5-11-8;1-5-4-7(12-3)6(2)9(11)8(5)10/h2-4H,5H2,1H3;4,10-11H,1-3H3. The summed E-state index contributed by atoms with van der Waals surface area (Å²) < 4.78 is 15.3. The van der Waals surface area contributed by atoms with Crippen LogP contribution in [0.15, 0.2) is 29.2 Å². The van der Waals surface area contributed by atoms with Crippen molar-refractivity contribution in [2.75, 3.05) is 13.9 Å². The van der Waals surface area contributed by atoms with Gasteiger partial charge in [0.15, 0.2) is 28.1 Å². The van der Waals surface area contributed by atoms with E-state index in [9.17, 15) is 15.0 Å². The van der Waals surface area contributed by atoms with Crippen molar-refractivity contribution < 1.29 is 29.2 Å². The van der Waals surface area contributed by atoms with Crippen LogP contribution in [0.2, 0.25) is 0 Å². The van der Waals surface area contributed by atoms with E-state index >= 15 is 0 Å². The van der Waals surface area contributed by atoms with E-state index in [1.165, 1.54) is 25.8 Å². The molecule has 1 aliphatic rings. The summed E-state index contributed by atoms with van der Waals surface area (Å²) in [4.78, 5) is 11.7. The molecule has 0 bridgehead atoms. The molecule has 1 aliphatic heterocycles. The molecule has 0 atom stereocenters. The van der Waals surface area contributed by atoms with Crippen LogP contribution in [0.25, 0.3) is 0 Å². The number of hydrogen-bond acceptors (Lipinski definition) is 7. The van der Waals surface area contributed by atoms with Crippen LogP contribution in [0.5, 0.6) is 28.7 Å². The van der Waals surface area contributed by atoms with Gasteiger partial charge in [0, 0.05) is 17.4 Å². The van der Waals surface area contributed by atoms with Crippen molar-refractivity contribution in [1.82, 2.24) is 0 Å². The van der Waals surface area contributed by atoms with Crippen LogP contribution in [0.4, 0.5) is 0 Å². The number of aryl methyl sites for hydroxylation is 1. The van der Waals surface area contributed by atoms with Gasteiger partial charge in [0.25, 0.3) is 0 Å². The third-order valence-electron chi connectivity index (χ3n) is 3.50. The highest BCUT2D eigenvalue weighted by atomic mass is 32.2. The largest absolute Gasteiger partial charge is 0.504 e. The number of benzene rings is 2. The average molecular weight is 364 g/mol. The number of methoxy groups -OCH3 is 1. The van der Waals surface area contributed by atoms with Gasteiger partial charge in [-0.1, -0.05) is 11.8 Å². The number of ether oxygens (including phenoxy) is 3. The molecule has 0 fully saturated rings. The predicted octanol–water partition coefficient (Wildman–Crippen LogP) is 3.78. The summed E-state index contributed by atoms with van der Waals surface area (Å²) in [5, 5.41) is 18.7. The molecule has 7 heteroatoms. The lowest BCUT2D eigenvalue weighted by molar-refractivity contribution is -0.109. The van der Waals surface area contributed by atoms with Crippen molar-refractivity contribution in [2.45, 2.75) is 25.7 Å². The lowest BCUT2D eigenvalue weighted by atomic mass is 10.1. The molecule has 3 rings (SSSR count). The van der Waals surface area contributed by atoms with Gasteiger partial charge >= 0.3 is 0 Å². The van der Waals surface area contributed by atoms with Crippen molar-refractivity contribution >= 4 is 16.9 Å². The number of fused-ring (bicyclic) bond motifs is 1. The molecular formula is C18H20O6S. The summed E-state index contributed by atoms with van der Waals surface area (Å²) in [5.74, 6) is 1.86. The maximum Gasteiger partial charge on any atom is 0.231 e. The van der Waals surface area contributed by atoms with Gasteiger partial charge in [-0.2, -0.15) is 0 Å². The van der Waals surface area contributed by atoms with E-state index in [-0.39, 0.29) is 23.4 Å². The van der Waals surface area contributed by atoms with E-state index in [0.29, 0.717) is 22.6 Å². The van der Waals surface area contributed by atoms with Crippen LogP contribution in [0, 0.1) is 13.8 Å². The third-order valence-corrected chi connectivity index (χ3v) is 4.27. The molecule has 0 saturated heterocycles. The second-order valence-corrected chi connectivity index (χ2v) is 6.58. The van der Waals surface area contributed by atoms with Crippen molar-refractivity contribution in [3.05, 3.63) is 35.4 Å². The summed E-state index contributed by atoms with van der Waals surface area (Å²) in [6.45, 7) is 5.20. The van der Waals surface area contributed by atoms with Crippen LogP contribution in [0.3, 0.4) is 0 Å². The summed E-state index contributed by atoms with van der Waals surface area (Å²) in [5.41, 5.74) is 1.16. The summed E-state index contributed by atoms with van der Waals surface area (Å²) in [7, 11) is 1.53. The summed E-state index contributed by atoms with van der Waals surface area (Å²) in [6, 6.07) is 7.16. The van der Waals surface area contributed by atoms with Gasteiger partial charge in [-0.05, 0) is 43.7 Å². The molecule has 0 unspecified atom stereocenters. The fourth-order valence-corrected chi connectivity index (χ4v) is 2.81. The zero-order chi connectivity index (χ0) is 18.6. The molecule has 0 aliphatic carbocycles. The second kappa shape index (κ2) is 8.02. The molecule has 0 spiro atoms. The normalized spacial score (nSPS) is 11.5. The molecule has 0 aromatic heterocycles. The van der Waals surface area contributed by atoms with E-state index in [4.69, 9.17) is 14.2 Å². The van der Waals surface area contributed by atoms with Crippen LogP contribution in [0.1, 0.15) is 18.1 Å². The molecule has 134 valence electrons. The minimum Gasteiger partial charge on any atom is -0.504 e. The smallest absolute Gasteiger partial charge is 0.231 e. The Morgan fingerprint density at radius 3 is 2.44 bits per heavy atom. The predicted molar refractivity (Wildman–Crippen MR) is 94.9 cm³/mol. The summed E-state index contributed by atoms with van der Waals surface area (Å²) in [6.07, 6.45) is 0. The Bertz CT molecular complexity index is 788. The highest BCUT2D eigenvalue weighted by molar-refractivity contribution is 8.13.